The van der Waals surface area contributed by atoms with Gasteiger partial charge in [-0.3, -0.25) is 4.79 Å². The molecule has 0 saturated carbocycles. The predicted molar refractivity (Wildman–Crippen MR) is 83.5 cm³/mol. The summed E-state index contributed by atoms with van der Waals surface area (Å²) in [5.74, 6) is -1.03. The van der Waals surface area contributed by atoms with Crippen LogP contribution in [0.2, 0.25) is 5.02 Å². The lowest BCUT2D eigenvalue weighted by molar-refractivity contribution is -0.137. The molecule has 1 rings (SSSR count). The molecular formula is C14H18ClNO4S. The Hall–Kier alpha value is -1.37. The quantitative estimate of drug-likeness (QED) is 0.833. The highest BCUT2D eigenvalue weighted by Crippen LogP contribution is 2.15. The fraction of sp³-hybridized carbons (Fsp3) is 0.357. The van der Waals surface area contributed by atoms with Gasteiger partial charge in [-0.15, -0.1) is 0 Å². The molecule has 7 heteroatoms. The Bertz CT molecular complexity index is 610. The smallest absolute Gasteiger partial charge is 0.304 e. The molecule has 0 aliphatic carbocycles. The third-order valence-corrected chi connectivity index (χ3v) is 4.91. The van der Waals surface area contributed by atoms with Gasteiger partial charge in [-0.25, -0.2) is 8.42 Å². The Balaban J connectivity index is 2.92. The van der Waals surface area contributed by atoms with Crippen LogP contribution in [-0.4, -0.2) is 36.4 Å². The molecule has 0 heterocycles. The van der Waals surface area contributed by atoms with E-state index in [0.29, 0.717) is 10.6 Å². The van der Waals surface area contributed by atoms with Crippen LogP contribution in [0.5, 0.6) is 0 Å². The summed E-state index contributed by atoms with van der Waals surface area (Å²) in [5.41, 5.74) is 0.699. The van der Waals surface area contributed by atoms with Crippen molar-refractivity contribution in [1.29, 1.82) is 0 Å². The summed E-state index contributed by atoms with van der Waals surface area (Å²) in [7, 11) is -3.67. The largest absolute Gasteiger partial charge is 0.481 e. The standard InChI is InChI=1S/C14H18ClNO4S/c1-3-16(11(2)10-14(17)18)21(19,20)9-8-12-4-6-13(15)7-5-12/h4-9,11H,3,10H2,1-2H3,(H,17,18). The van der Waals surface area contributed by atoms with Crippen LogP contribution in [0, 0.1) is 0 Å². The van der Waals surface area contributed by atoms with Gasteiger partial charge in [0.05, 0.1) is 6.42 Å². The number of benzene rings is 1. The summed E-state index contributed by atoms with van der Waals surface area (Å²) < 4.78 is 25.7. The fourth-order valence-corrected chi connectivity index (χ4v) is 3.46. The van der Waals surface area contributed by atoms with Crippen molar-refractivity contribution in [1.82, 2.24) is 4.31 Å². The maximum absolute atomic E-state index is 12.2. The molecule has 0 radical (unpaired) electrons. The van der Waals surface area contributed by atoms with Crippen LogP contribution < -0.4 is 0 Å². The molecule has 0 fully saturated rings. The molecule has 0 amide bonds. The van der Waals surface area contributed by atoms with Gasteiger partial charge in [0, 0.05) is 23.0 Å². The first-order chi connectivity index (χ1) is 9.76. The SMILES string of the molecule is CCN(C(C)CC(=O)O)S(=O)(=O)C=Cc1ccc(Cl)cc1. The summed E-state index contributed by atoms with van der Waals surface area (Å²) in [6.07, 6.45) is 1.23. The first kappa shape index (κ1) is 17.7. The van der Waals surface area contributed by atoms with E-state index >= 15 is 0 Å². The zero-order chi connectivity index (χ0) is 16.0. The van der Waals surface area contributed by atoms with E-state index in [2.05, 4.69) is 0 Å². The molecule has 1 aromatic rings. The van der Waals surface area contributed by atoms with Crippen molar-refractivity contribution in [2.24, 2.45) is 0 Å². The summed E-state index contributed by atoms with van der Waals surface area (Å²) in [4.78, 5) is 10.7. The van der Waals surface area contributed by atoms with Gasteiger partial charge >= 0.3 is 5.97 Å². The van der Waals surface area contributed by atoms with Crippen molar-refractivity contribution in [2.45, 2.75) is 26.3 Å². The van der Waals surface area contributed by atoms with Gasteiger partial charge in [-0.05, 0) is 30.7 Å². The first-order valence-electron chi connectivity index (χ1n) is 6.43. The summed E-state index contributed by atoms with van der Waals surface area (Å²) in [6, 6.07) is 6.13. The van der Waals surface area contributed by atoms with Crippen LogP contribution in [0.1, 0.15) is 25.8 Å². The number of sulfonamides is 1. The van der Waals surface area contributed by atoms with Crippen LogP contribution in [0.15, 0.2) is 29.7 Å². The molecule has 0 saturated heterocycles. The molecule has 1 atom stereocenters. The van der Waals surface area contributed by atoms with E-state index in [9.17, 15) is 13.2 Å². The summed E-state index contributed by atoms with van der Waals surface area (Å²) in [6.45, 7) is 3.46. The molecule has 0 spiro atoms. The second-order valence-corrected chi connectivity index (χ2v) is 6.76. The van der Waals surface area contributed by atoms with Crippen molar-refractivity contribution in [2.75, 3.05) is 6.54 Å². The van der Waals surface area contributed by atoms with Gasteiger partial charge in [0.1, 0.15) is 0 Å². The lowest BCUT2D eigenvalue weighted by Gasteiger charge is -2.24. The van der Waals surface area contributed by atoms with Crippen LogP contribution >= 0.6 is 11.6 Å². The first-order valence-corrected chi connectivity index (χ1v) is 8.31. The van der Waals surface area contributed by atoms with Gasteiger partial charge in [0.25, 0.3) is 0 Å². The number of halogens is 1. The van der Waals surface area contributed by atoms with Gasteiger partial charge < -0.3 is 5.11 Å². The maximum Gasteiger partial charge on any atom is 0.304 e. The minimum atomic E-state index is -3.67. The number of carboxylic acids is 1. The highest BCUT2D eigenvalue weighted by molar-refractivity contribution is 7.92. The number of hydrogen-bond donors (Lipinski definition) is 1. The van der Waals surface area contributed by atoms with Crippen LogP contribution in [0.3, 0.4) is 0 Å². The zero-order valence-electron chi connectivity index (χ0n) is 11.9. The maximum atomic E-state index is 12.2. The topological polar surface area (TPSA) is 74.7 Å². The van der Waals surface area contributed by atoms with Crippen LogP contribution in [0.4, 0.5) is 0 Å². The molecule has 5 nitrogen and oxygen atoms in total. The van der Waals surface area contributed by atoms with E-state index in [1.165, 1.54) is 6.08 Å². The van der Waals surface area contributed by atoms with Crippen molar-refractivity contribution in [3.05, 3.63) is 40.3 Å². The van der Waals surface area contributed by atoms with Crippen molar-refractivity contribution in [3.63, 3.8) is 0 Å². The molecule has 0 aromatic heterocycles. The van der Waals surface area contributed by atoms with Crippen molar-refractivity contribution < 1.29 is 18.3 Å². The van der Waals surface area contributed by atoms with Crippen molar-refractivity contribution >= 4 is 33.7 Å². The predicted octanol–water partition coefficient (Wildman–Crippen LogP) is 2.83. The summed E-state index contributed by atoms with van der Waals surface area (Å²) >= 11 is 5.76. The fourth-order valence-electron chi connectivity index (χ4n) is 1.91. The van der Waals surface area contributed by atoms with Gasteiger partial charge in [-0.2, -0.15) is 4.31 Å². The highest BCUT2D eigenvalue weighted by atomic mass is 35.5. The Morgan fingerprint density at radius 1 is 1.38 bits per heavy atom. The molecule has 0 aliphatic heterocycles. The Morgan fingerprint density at radius 2 is 1.95 bits per heavy atom. The molecule has 21 heavy (non-hydrogen) atoms. The minimum absolute atomic E-state index is 0.210. The monoisotopic (exact) mass is 331 g/mol. The van der Waals surface area contributed by atoms with Gasteiger partial charge in [-0.1, -0.05) is 30.7 Å². The molecule has 1 aromatic carbocycles. The third kappa shape index (κ3) is 5.49. The Kier molecular flexibility index (Phi) is 6.39. The number of rotatable bonds is 7. The number of hydrogen-bond acceptors (Lipinski definition) is 3. The Labute approximate surface area is 129 Å². The number of aliphatic carboxylic acids is 1. The van der Waals surface area contributed by atoms with E-state index in [0.717, 1.165) is 9.71 Å². The molecular weight excluding hydrogens is 314 g/mol. The second-order valence-electron chi connectivity index (χ2n) is 4.55. The van der Waals surface area contributed by atoms with Crippen LogP contribution in [0.25, 0.3) is 6.08 Å². The highest BCUT2D eigenvalue weighted by Gasteiger charge is 2.25. The Morgan fingerprint density at radius 3 is 2.43 bits per heavy atom. The molecule has 1 unspecified atom stereocenters. The van der Waals surface area contributed by atoms with E-state index in [4.69, 9.17) is 16.7 Å². The van der Waals surface area contributed by atoms with Crippen LogP contribution in [-0.2, 0) is 14.8 Å². The number of nitrogens with zero attached hydrogens (tertiary/aromatic N) is 1. The van der Waals surface area contributed by atoms with Gasteiger partial charge in [0.15, 0.2) is 0 Å². The molecule has 0 aliphatic rings. The van der Waals surface area contributed by atoms with E-state index in [-0.39, 0.29) is 13.0 Å². The second kappa shape index (κ2) is 7.59. The van der Waals surface area contributed by atoms with Gasteiger partial charge in [0.2, 0.25) is 10.0 Å². The van der Waals surface area contributed by atoms with E-state index in [1.807, 2.05) is 0 Å². The third-order valence-electron chi connectivity index (χ3n) is 2.90. The average molecular weight is 332 g/mol. The average Bonchev–Trinajstić information content (AvgIpc) is 2.37. The van der Waals surface area contributed by atoms with Crippen molar-refractivity contribution in [3.8, 4) is 0 Å². The number of carboxylic acid groups (broad SMARTS) is 1. The molecule has 0 bridgehead atoms. The lowest BCUT2D eigenvalue weighted by Crippen LogP contribution is -2.38. The molecule has 116 valence electrons. The number of carbonyl (C=O) groups is 1. The summed E-state index contributed by atoms with van der Waals surface area (Å²) in [5, 5.41) is 10.4. The zero-order valence-corrected chi connectivity index (χ0v) is 13.4. The van der Waals surface area contributed by atoms with E-state index in [1.54, 1.807) is 38.1 Å². The normalized spacial score (nSPS) is 13.7. The molecule has 1 N–H and O–H groups in total. The van der Waals surface area contributed by atoms with E-state index < -0.39 is 22.0 Å². The minimum Gasteiger partial charge on any atom is -0.481 e. The lowest BCUT2D eigenvalue weighted by atomic mass is 10.2.